The second-order valence-corrected chi connectivity index (χ2v) is 17.4. The van der Waals surface area contributed by atoms with Gasteiger partial charge in [-0.1, -0.05) is 46.2 Å². The molecule has 0 fully saturated rings. The standard InChI is InChI=1S/C43H74N14O12/c1-21(2)17-28(40(67)57-34(23(5)59)42(69)55-31(20-58)41(68)56-33(22(3)4)35(47)62)52-39(66)30(19-32(46)61)54-38(65)29(18-24-11-13-25(60)14-12-24)53-37(64)27(10-8-16-50-43(48)49)51-36(63)26(45)9-6-7-15-44/h11-14,21-23,26-31,33-34,58-60H,6-10,15-20,44-45H2,1-5H3,(H2,46,61)(H2,47,62)(H,51,63)(H,52,66)(H,53,64)(H,54,65)(H,55,69)(H,56,68)(H,57,67)(H4,48,49,50)/t23-,26+,27+,28+,29+,30+,31+,33+,34+/m1/s1. The topological polar surface area (TPSA) is 467 Å². The molecular weight excluding hydrogens is 905 g/mol. The van der Waals surface area contributed by atoms with Crippen molar-refractivity contribution in [1.82, 2.24) is 37.2 Å². The van der Waals surface area contributed by atoms with Crippen LogP contribution in [0.5, 0.6) is 5.75 Å². The third kappa shape index (κ3) is 22.8. The van der Waals surface area contributed by atoms with Gasteiger partial charge in [0.05, 0.1) is 25.2 Å². The summed E-state index contributed by atoms with van der Waals surface area (Å²) in [5.41, 5.74) is 33.8. The second-order valence-electron chi connectivity index (χ2n) is 17.4. The fourth-order valence-corrected chi connectivity index (χ4v) is 6.63. The number of nitrogens with one attached hydrogen (secondary N) is 7. The van der Waals surface area contributed by atoms with Crippen LogP contribution in [-0.4, -0.2) is 149 Å². The van der Waals surface area contributed by atoms with Crippen molar-refractivity contribution in [2.45, 2.75) is 140 Å². The maximum absolute atomic E-state index is 14.2. The van der Waals surface area contributed by atoms with Gasteiger partial charge in [0.25, 0.3) is 0 Å². The quantitative estimate of drug-likeness (QED) is 0.0182. The molecule has 0 saturated carbocycles. The van der Waals surface area contributed by atoms with E-state index < -0.39 is 127 Å². The minimum Gasteiger partial charge on any atom is -0.508 e. The number of nitrogens with two attached hydrogens (primary N) is 6. The highest BCUT2D eigenvalue weighted by molar-refractivity contribution is 5.99. The van der Waals surface area contributed by atoms with Gasteiger partial charge >= 0.3 is 0 Å². The summed E-state index contributed by atoms with van der Waals surface area (Å²) in [5.74, 6) is -9.79. The number of aliphatic hydroxyl groups is 2. The summed E-state index contributed by atoms with van der Waals surface area (Å²) in [5, 5.41) is 47.3. The van der Waals surface area contributed by atoms with E-state index in [-0.39, 0.29) is 56.3 Å². The van der Waals surface area contributed by atoms with E-state index in [0.717, 1.165) is 6.92 Å². The second kappa shape index (κ2) is 30.7. The number of hydrogen-bond donors (Lipinski definition) is 16. The first-order valence-corrected chi connectivity index (χ1v) is 22.6. The van der Waals surface area contributed by atoms with Gasteiger partial charge in [0.15, 0.2) is 5.96 Å². The third-order valence-electron chi connectivity index (χ3n) is 10.4. The Bertz CT molecular complexity index is 1910. The molecule has 0 saturated heterocycles. The number of phenolic OH excluding ortho intramolecular Hbond substituents is 1. The molecule has 0 unspecified atom stereocenters. The van der Waals surface area contributed by atoms with Crippen molar-refractivity contribution < 1.29 is 58.5 Å². The SMILES string of the molecule is CC(C)C[C@H](NC(=O)[C@H](CC(N)=O)NC(=O)[C@H](Cc1ccc(O)cc1)NC(=O)[C@H](CCCN=C(N)N)NC(=O)[C@@H](N)CCCCN)C(=O)N[C@H](C(=O)N[C@@H](CO)C(=O)N[C@H](C(N)=O)C(C)C)[C@@H](C)O. The molecule has 0 aliphatic carbocycles. The van der Waals surface area contributed by atoms with Gasteiger partial charge in [-0.05, 0) is 75.1 Å². The number of phenols is 1. The maximum atomic E-state index is 14.2. The summed E-state index contributed by atoms with van der Waals surface area (Å²) < 4.78 is 0. The van der Waals surface area contributed by atoms with E-state index in [1.165, 1.54) is 24.3 Å². The number of rotatable bonds is 32. The van der Waals surface area contributed by atoms with Crippen molar-refractivity contribution >= 4 is 59.1 Å². The highest BCUT2D eigenvalue weighted by atomic mass is 16.3. The molecule has 388 valence electrons. The zero-order valence-electron chi connectivity index (χ0n) is 39.9. The zero-order valence-corrected chi connectivity index (χ0v) is 39.9. The van der Waals surface area contributed by atoms with Crippen LogP contribution in [-0.2, 0) is 49.6 Å². The number of carbonyl (C=O) groups is 9. The van der Waals surface area contributed by atoms with Gasteiger partial charge in [0.2, 0.25) is 53.2 Å². The Labute approximate surface area is 401 Å². The van der Waals surface area contributed by atoms with Crippen molar-refractivity contribution in [2.75, 3.05) is 19.7 Å². The van der Waals surface area contributed by atoms with Crippen LogP contribution in [0.15, 0.2) is 29.3 Å². The van der Waals surface area contributed by atoms with Crippen LogP contribution in [0.25, 0.3) is 0 Å². The first kappa shape index (κ1) is 60.4. The lowest BCUT2D eigenvalue weighted by Crippen LogP contribution is -2.62. The molecule has 1 rings (SSSR count). The minimum absolute atomic E-state index is 0.0198. The number of carbonyl (C=O) groups excluding carboxylic acids is 9. The molecule has 1 aromatic carbocycles. The Morgan fingerprint density at radius 2 is 1.12 bits per heavy atom. The normalized spacial score (nSPS) is 15.1. The van der Waals surface area contributed by atoms with Crippen LogP contribution in [0.2, 0.25) is 0 Å². The number of amides is 9. The van der Waals surface area contributed by atoms with Crippen LogP contribution in [0.3, 0.4) is 0 Å². The molecule has 9 amide bonds. The lowest BCUT2D eigenvalue weighted by Gasteiger charge is -2.29. The average Bonchev–Trinajstić information content (AvgIpc) is 3.26. The number of hydrogen-bond acceptors (Lipinski definition) is 15. The summed E-state index contributed by atoms with van der Waals surface area (Å²) in [6, 6.07) is -6.06. The number of guanidine groups is 1. The molecule has 26 nitrogen and oxygen atoms in total. The first-order valence-electron chi connectivity index (χ1n) is 22.6. The van der Waals surface area contributed by atoms with Crippen molar-refractivity contribution in [3.05, 3.63) is 29.8 Å². The van der Waals surface area contributed by atoms with E-state index in [4.69, 9.17) is 34.4 Å². The van der Waals surface area contributed by atoms with E-state index in [2.05, 4.69) is 42.2 Å². The molecule has 26 heteroatoms. The van der Waals surface area contributed by atoms with Crippen molar-refractivity contribution in [3.8, 4) is 5.75 Å². The third-order valence-corrected chi connectivity index (χ3v) is 10.4. The maximum Gasteiger partial charge on any atom is 0.245 e. The number of nitrogens with zero attached hydrogens (tertiary/aromatic N) is 1. The molecule has 69 heavy (non-hydrogen) atoms. The Morgan fingerprint density at radius 3 is 1.64 bits per heavy atom. The van der Waals surface area contributed by atoms with Gasteiger partial charge in [-0.3, -0.25) is 48.1 Å². The van der Waals surface area contributed by atoms with Crippen LogP contribution in [0.4, 0.5) is 0 Å². The number of aliphatic imine (C=N–C) groups is 1. The van der Waals surface area contributed by atoms with E-state index in [9.17, 15) is 58.5 Å². The number of aliphatic hydroxyl groups excluding tert-OH is 2. The largest absolute Gasteiger partial charge is 0.508 e. The highest BCUT2D eigenvalue weighted by Crippen LogP contribution is 2.14. The smallest absolute Gasteiger partial charge is 0.245 e. The van der Waals surface area contributed by atoms with E-state index in [1.807, 2.05) is 0 Å². The minimum atomic E-state index is -1.78. The predicted molar refractivity (Wildman–Crippen MR) is 252 cm³/mol. The number of primary amides is 2. The molecule has 0 aliphatic rings. The molecule has 9 atom stereocenters. The van der Waals surface area contributed by atoms with Crippen molar-refractivity contribution in [2.24, 2.45) is 51.2 Å². The van der Waals surface area contributed by atoms with Gasteiger partial charge < -0.3 is 86.9 Å². The Morgan fingerprint density at radius 1 is 0.609 bits per heavy atom. The summed E-state index contributed by atoms with van der Waals surface area (Å²) in [6.07, 6.45) is -1.19. The van der Waals surface area contributed by atoms with Crippen LogP contribution in [0.1, 0.15) is 85.1 Å². The fraction of sp³-hybridized carbons (Fsp3) is 0.628. The lowest BCUT2D eigenvalue weighted by atomic mass is 10.0. The highest BCUT2D eigenvalue weighted by Gasteiger charge is 2.36. The van der Waals surface area contributed by atoms with Gasteiger partial charge in [-0.2, -0.15) is 0 Å². The van der Waals surface area contributed by atoms with Crippen LogP contribution in [0, 0.1) is 11.8 Å². The van der Waals surface area contributed by atoms with Crippen molar-refractivity contribution in [1.29, 1.82) is 0 Å². The monoisotopic (exact) mass is 979 g/mol. The van der Waals surface area contributed by atoms with E-state index in [1.54, 1.807) is 27.7 Å². The van der Waals surface area contributed by atoms with Gasteiger partial charge in [-0.15, -0.1) is 0 Å². The van der Waals surface area contributed by atoms with Gasteiger partial charge in [-0.25, -0.2) is 0 Å². The molecule has 0 radical (unpaired) electrons. The Balaban J connectivity index is 3.50. The summed E-state index contributed by atoms with van der Waals surface area (Å²) in [7, 11) is 0. The van der Waals surface area contributed by atoms with Gasteiger partial charge in [0.1, 0.15) is 48.0 Å². The van der Waals surface area contributed by atoms with E-state index in [0.29, 0.717) is 24.9 Å². The van der Waals surface area contributed by atoms with Crippen molar-refractivity contribution in [3.63, 3.8) is 0 Å². The predicted octanol–water partition coefficient (Wildman–Crippen LogP) is -5.73. The Hall–Kier alpha value is -6.64. The van der Waals surface area contributed by atoms with Crippen LogP contribution < -0.4 is 71.6 Å². The molecule has 0 bridgehead atoms. The summed E-state index contributed by atoms with van der Waals surface area (Å²) in [6.45, 7) is 7.23. The molecule has 0 heterocycles. The lowest BCUT2D eigenvalue weighted by molar-refractivity contribution is -0.138. The van der Waals surface area contributed by atoms with E-state index >= 15 is 0 Å². The molecule has 1 aromatic rings. The van der Waals surface area contributed by atoms with Gasteiger partial charge in [0, 0.05) is 13.0 Å². The zero-order chi connectivity index (χ0) is 52.5. The first-order chi connectivity index (χ1) is 32.3. The molecule has 22 N–H and O–H groups in total. The Kier molecular flexibility index (Phi) is 26.8. The number of unbranched alkanes of at least 4 members (excludes halogenated alkanes) is 1. The fourth-order valence-electron chi connectivity index (χ4n) is 6.63. The van der Waals surface area contributed by atoms with Crippen LogP contribution >= 0.6 is 0 Å². The number of aromatic hydroxyl groups is 1. The number of benzene rings is 1. The average molecular weight is 979 g/mol. The summed E-state index contributed by atoms with van der Waals surface area (Å²) >= 11 is 0. The molecular formula is C43H74N14O12. The molecule has 0 aromatic heterocycles. The molecule has 0 aliphatic heterocycles. The molecule has 0 spiro atoms. The summed E-state index contributed by atoms with van der Waals surface area (Å²) in [4.78, 5) is 123.